The number of halogens is 2. The fourth-order valence-corrected chi connectivity index (χ4v) is 187. The first-order valence-electron chi connectivity index (χ1n) is 30.2. The number of furan rings is 4. The summed E-state index contributed by atoms with van der Waals surface area (Å²) in [5.41, 5.74) is 22.2. The van der Waals surface area contributed by atoms with E-state index in [0.717, 1.165) is 134 Å². The van der Waals surface area contributed by atoms with E-state index in [1.807, 2.05) is 49.3 Å². The molecule has 12 aromatic rings. The maximum absolute atomic E-state index is 11.7. The predicted octanol–water partition coefficient (Wildman–Crippen LogP) is 20.3. The zero-order valence-electron chi connectivity index (χ0n) is 47.8. The molecule has 2 saturated heterocycles. The van der Waals surface area contributed by atoms with Crippen molar-refractivity contribution in [2.75, 3.05) is 0 Å². The second-order valence-electron chi connectivity index (χ2n) is 24.9. The summed E-state index contributed by atoms with van der Waals surface area (Å²) < 4.78 is 24.0. The molecule has 9 heteroatoms. The minimum absolute atomic E-state index is 0.765. The van der Waals surface area contributed by atoms with E-state index >= 15 is 0 Å². The van der Waals surface area contributed by atoms with E-state index in [9.17, 15) is 17.2 Å². The van der Waals surface area contributed by atoms with Crippen LogP contribution in [0.2, 0.25) is 13.1 Å². The molecular formula is C78H56Cl2HfO4Si2. The molecule has 6 aliphatic rings. The van der Waals surface area contributed by atoms with Gasteiger partial charge in [0.1, 0.15) is 0 Å². The molecule has 5 spiro atoms. The Bertz CT molecular complexity index is 4340. The van der Waals surface area contributed by atoms with E-state index in [1.165, 1.54) is 0 Å². The van der Waals surface area contributed by atoms with Gasteiger partial charge in [0.05, 0.1) is 0 Å². The molecule has 0 saturated carbocycles. The molecule has 2 aliphatic heterocycles. The third-order valence-corrected chi connectivity index (χ3v) is 137. The fourth-order valence-electron chi connectivity index (χ4n) is 20.7. The Kier molecular flexibility index (Phi) is 10.6. The summed E-state index contributed by atoms with van der Waals surface area (Å²) >= 11 is -8.55. The van der Waals surface area contributed by atoms with Crippen molar-refractivity contribution < 1.29 is 32.3 Å². The van der Waals surface area contributed by atoms with Gasteiger partial charge < -0.3 is 0 Å². The van der Waals surface area contributed by atoms with Crippen LogP contribution in [-0.4, -0.2) is 17.6 Å². The van der Waals surface area contributed by atoms with E-state index in [1.54, 1.807) is 0 Å². The van der Waals surface area contributed by atoms with E-state index in [2.05, 4.69) is 256 Å². The van der Waals surface area contributed by atoms with Crippen molar-refractivity contribution in [3.8, 4) is 44.5 Å². The first-order valence-corrected chi connectivity index (χ1v) is 50.9. The Balaban J connectivity index is 1.16. The van der Waals surface area contributed by atoms with Gasteiger partial charge in [-0.3, -0.25) is 0 Å². The Hall–Kier alpha value is -8.28. The van der Waals surface area contributed by atoms with Crippen molar-refractivity contribution in [3.05, 3.63) is 335 Å². The SMILES string of the molecule is C[SiH]1[C]2(C(c3ccco3)=Cc3c(-c4ccccc4)cccc32)[Hf]2([Cl])([Cl])([C]13C(c1ccco1)=Cc1c(-c4ccccc4)cccc13)[C]1(C(c3ccco3)=Cc3c(-c4ccccc4)cccc31)[SiH](C)[C]21C(c2ccco2)=Cc2c(-c3ccccc3)cccc21. The molecule has 4 aliphatic carbocycles. The van der Waals surface area contributed by atoms with E-state index in [4.69, 9.17) is 17.7 Å². The van der Waals surface area contributed by atoms with Gasteiger partial charge >= 0.3 is 518 Å². The van der Waals surface area contributed by atoms with Crippen LogP contribution in [0.4, 0.5) is 0 Å². The number of hydrogen-bond acceptors (Lipinski definition) is 4. The zero-order valence-corrected chi connectivity index (χ0v) is 55.2. The topological polar surface area (TPSA) is 52.6 Å². The number of rotatable bonds is 8. The summed E-state index contributed by atoms with van der Waals surface area (Å²) in [4.78, 5) is 0. The van der Waals surface area contributed by atoms with Gasteiger partial charge in [-0.2, -0.15) is 0 Å². The molecule has 0 amide bonds. The van der Waals surface area contributed by atoms with Crippen molar-refractivity contribution in [1.29, 1.82) is 0 Å². The molecule has 8 aromatic carbocycles. The van der Waals surface area contributed by atoms with Gasteiger partial charge in [-0.1, -0.05) is 0 Å². The van der Waals surface area contributed by atoms with Crippen LogP contribution in [-0.2, 0) is 25.8 Å². The Morgan fingerprint density at radius 1 is 0.276 bits per heavy atom. The number of fused-ring (bicyclic) bond motifs is 12. The number of allylic oxidation sites excluding steroid dienone is 4. The van der Waals surface area contributed by atoms with Crippen LogP contribution in [0, 0.1) is 0 Å². The summed E-state index contributed by atoms with van der Waals surface area (Å²) in [5, 5.41) is 0. The van der Waals surface area contributed by atoms with Crippen LogP contribution in [0.3, 0.4) is 0 Å². The molecule has 0 radical (unpaired) electrons. The van der Waals surface area contributed by atoms with Crippen molar-refractivity contribution in [3.63, 3.8) is 0 Å². The van der Waals surface area contributed by atoms with Crippen molar-refractivity contribution >= 4 is 81.3 Å². The van der Waals surface area contributed by atoms with Crippen molar-refractivity contribution in [1.82, 2.24) is 0 Å². The number of benzene rings is 8. The van der Waals surface area contributed by atoms with Crippen LogP contribution in [0.25, 0.3) is 91.1 Å². The Morgan fingerprint density at radius 2 is 0.506 bits per heavy atom. The molecule has 6 heterocycles. The van der Waals surface area contributed by atoms with Crippen molar-refractivity contribution in [2.24, 2.45) is 0 Å². The van der Waals surface area contributed by atoms with Crippen LogP contribution in [0.5, 0.6) is 0 Å². The van der Waals surface area contributed by atoms with Gasteiger partial charge in [0.15, 0.2) is 0 Å². The quantitative estimate of drug-likeness (QED) is 0.142. The standard InChI is InChI=1S/2C39H28O2Si.2ClH.Hf/c2*1-42(38-30-18-8-16-28(26-12-4-2-5-13-26)32(30)24-34(38)36-20-10-22-40-36)39-31-19-9-17-29(27-14-6-3-7-15-27)33(31)25-35(39)37-21-11-23-41-37;;;/h2*2-25,42H,1H3;2*1H;/q;;;;+2/p-2. The Labute approximate surface area is 513 Å². The first kappa shape index (κ1) is 51.9. The predicted molar refractivity (Wildman–Crippen MR) is 358 cm³/mol. The summed E-state index contributed by atoms with van der Waals surface area (Å²) in [6.07, 6.45) is 17.3. The first-order chi connectivity index (χ1) is 42.6. The van der Waals surface area contributed by atoms with E-state index in [0.29, 0.717) is 0 Å². The van der Waals surface area contributed by atoms with Gasteiger partial charge in [0, 0.05) is 0 Å². The molecular weight excluding hydrogens is 1310 g/mol. The van der Waals surface area contributed by atoms with Gasteiger partial charge in [-0.05, 0) is 0 Å². The fraction of sp³-hybridized carbons (Fsp3) is 0.0769. The monoisotopic (exact) mass is 1360 g/mol. The summed E-state index contributed by atoms with van der Waals surface area (Å²) in [6, 6.07) is 88.3. The van der Waals surface area contributed by atoms with Crippen LogP contribution in [0.15, 0.2) is 285 Å². The van der Waals surface area contributed by atoms with Gasteiger partial charge in [0.2, 0.25) is 0 Å². The van der Waals surface area contributed by atoms with Crippen LogP contribution >= 0.6 is 17.2 Å². The molecule has 2 fully saturated rings. The van der Waals surface area contributed by atoms with Gasteiger partial charge in [-0.25, -0.2) is 0 Å². The molecule has 0 bridgehead atoms. The van der Waals surface area contributed by atoms with Gasteiger partial charge in [-0.15, -0.1) is 0 Å². The van der Waals surface area contributed by atoms with Gasteiger partial charge in [0.25, 0.3) is 0 Å². The van der Waals surface area contributed by atoms with E-state index < -0.39 is 43.4 Å². The molecule has 4 atom stereocenters. The molecule has 4 unspecified atom stereocenters. The Morgan fingerprint density at radius 3 is 0.713 bits per heavy atom. The molecule has 4 aromatic heterocycles. The normalized spacial score (nSPS) is 25.7. The maximum atomic E-state index is 11.7. The second kappa shape index (κ2) is 17.7. The average molecular weight is 1360 g/mol. The molecule has 418 valence electrons. The van der Waals surface area contributed by atoms with E-state index in [-0.39, 0.29) is 0 Å². The van der Waals surface area contributed by atoms with Crippen molar-refractivity contribution in [2.45, 2.75) is 24.3 Å². The molecule has 4 nitrogen and oxygen atoms in total. The third kappa shape index (κ3) is 5.38. The average Bonchev–Trinajstić information content (AvgIpc) is 1.50. The molecule has 0 N–H and O–H groups in total. The minimum atomic E-state index is -8.55. The number of hydrogen-bond donors (Lipinski definition) is 0. The zero-order chi connectivity index (χ0) is 58.2. The third-order valence-electron chi connectivity index (χ3n) is 22.6. The second-order valence-corrected chi connectivity index (χ2v) is 79.3. The summed E-state index contributed by atoms with van der Waals surface area (Å²) in [5.74, 6) is 3.06. The van der Waals surface area contributed by atoms with Crippen LogP contribution < -0.4 is 0 Å². The van der Waals surface area contributed by atoms with Crippen LogP contribution in [0.1, 0.15) is 67.5 Å². The summed E-state index contributed by atoms with van der Waals surface area (Å²) in [7, 11) is 17.4. The molecule has 87 heavy (non-hydrogen) atoms. The summed E-state index contributed by atoms with van der Waals surface area (Å²) in [6.45, 7) is 5.26. The molecule has 18 rings (SSSR count).